The topological polar surface area (TPSA) is 69.9 Å². The van der Waals surface area contributed by atoms with E-state index in [0.29, 0.717) is 5.56 Å². The maximum absolute atomic E-state index is 12.5. The number of Topliss-reactive ketones (excluding diaryl/α,β-unsaturated/α-hetero) is 1. The highest BCUT2D eigenvalue weighted by atomic mass is 32.2. The summed E-state index contributed by atoms with van der Waals surface area (Å²) in [5.41, 5.74) is 2.29. The number of hydrogen-bond donors (Lipinski definition) is 0. The van der Waals surface area contributed by atoms with E-state index in [1.165, 1.54) is 18.1 Å². The summed E-state index contributed by atoms with van der Waals surface area (Å²) in [5.74, 6) is 1.05. The fourth-order valence-corrected chi connectivity index (χ4v) is 3.55. The third-order valence-electron chi connectivity index (χ3n) is 4.08. The van der Waals surface area contributed by atoms with Gasteiger partial charge in [-0.3, -0.25) is 4.79 Å². The molecule has 0 saturated heterocycles. The Labute approximate surface area is 160 Å². The van der Waals surface area contributed by atoms with Crippen LogP contribution in [0.25, 0.3) is 16.7 Å². The number of benzene rings is 2. The normalized spacial score (nSPS) is 10.9. The number of nitrogens with zero attached hydrogens (tertiary/aromatic N) is 4. The maximum Gasteiger partial charge on any atom is 0.173 e. The van der Waals surface area contributed by atoms with E-state index in [-0.39, 0.29) is 11.5 Å². The van der Waals surface area contributed by atoms with Gasteiger partial charge in [0.05, 0.1) is 30.1 Å². The van der Waals surface area contributed by atoms with Crippen molar-refractivity contribution in [3.63, 3.8) is 0 Å². The number of methoxy groups -OCH3 is 1. The van der Waals surface area contributed by atoms with Gasteiger partial charge in [0.1, 0.15) is 17.1 Å². The van der Waals surface area contributed by atoms with Gasteiger partial charge in [0.25, 0.3) is 0 Å². The van der Waals surface area contributed by atoms with Gasteiger partial charge in [-0.1, -0.05) is 30.0 Å². The van der Waals surface area contributed by atoms with E-state index in [9.17, 15) is 4.79 Å². The molecule has 0 unspecified atom stereocenters. The molecule has 6 nitrogen and oxygen atoms in total. The zero-order valence-corrected chi connectivity index (χ0v) is 15.4. The number of carbonyl (C=O) groups is 1. The van der Waals surface area contributed by atoms with Crippen LogP contribution in [-0.2, 0) is 0 Å². The molecule has 134 valence electrons. The summed E-state index contributed by atoms with van der Waals surface area (Å²) in [5, 5.41) is 6.00. The molecule has 0 N–H and O–H groups in total. The predicted octanol–water partition coefficient (Wildman–Crippen LogP) is 3.80. The molecule has 0 fully saturated rings. The van der Waals surface area contributed by atoms with Gasteiger partial charge in [0, 0.05) is 5.56 Å². The molecule has 0 bridgehead atoms. The van der Waals surface area contributed by atoms with E-state index in [1.54, 1.807) is 42.3 Å². The number of ether oxygens (including phenoxy) is 1. The fraction of sp³-hybridized carbons (Fsp3) is 0.100. The van der Waals surface area contributed by atoms with Gasteiger partial charge in [-0.05, 0) is 36.4 Å². The molecule has 0 atom stereocenters. The van der Waals surface area contributed by atoms with Crippen LogP contribution >= 0.6 is 11.8 Å². The molecule has 0 saturated carbocycles. The van der Waals surface area contributed by atoms with E-state index >= 15 is 0 Å². The van der Waals surface area contributed by atoms with E-state index in [2.05, 4.69) is 15.1 Å². The van der Waals surface area contributed by atoms with Gasteiger partial charge in [-0.15, -0.1) is 0 Å². The van der Waals surface area contributed by atoms with Crippen LogP contribution in [0.4, 0.5) is 0 Å². The molecular weight excluding hydrogens is 360 g/mol. The Hall–Kier alpha value is -3.19. The molecule has 2 aromatic heterocycles. The second kappa shape index (κ2) is 7.59. The summed E-state index contributed by atoms with van der Waals surface area (Å²) in [6.45, 7) is 0. The summed E-state index contributed by atoms with van der Waals surface area (Å²) in [6, 6.07) is 16.9. The Balaban J connectivity index is 1.55. The maximum atomic E-state index is 12.5. The monoisotopic (exact) mass is 376 g/mol. The number of carbonyl (C=O) groups excluding carboxylic acids is 1. The molecule has 2 heterocycles. The van der Waals surface area contributed by atoms with Crippen LogP contribution in [0.2, 0.25) is 0 Å². The molecule has 27 heavy (non-hydrogen) atoms. The van der Waals surface area contributed by atoms with Crippen molar-refractivity contribution in [3.8, 4) is 11.4 Å². The number of aromatic nitrogens is 4. The standard InChI is InChI=1S/C20H16N4O2S/c1-26-16-9-7-14(8-10-16)18(25)12-27-20-17-11-23-24(19(17)21-13-22-20)15-5-3-2-4-6-15/h2-11,13H,12H2,1H3. The first-order chi connectivity index (χ1) is 13.3. The predicted molar refractivity (Wildman–Crippen MR) is 105 cm³/mol. The van der Waals surface area contributed by atoms with Gasteiger partial charge < -0.3 is 4.74 Å². The van der Waals surface area contributed by atoms with E-state index in [4.69, 9.17) is 4.74 Å². The molecule has 4 rings (SSSR count). The summed E-state index contributed by atoms with van der Waals surface area (Å²) in [7, 11) is 1.60. The van der Waals surface area contributed by atoms with Gasteiger partial charge in [0.15, 0.2) is 11.4 Å². The number of para-hydroxylation sites is 1. The zero-order chi connectivity index (χ0) is 18.6. The summed E-state index contributed by atoms with van der Waals surface area (Å²) >= 11 is 1.39. The van der Waals surface area contributed by atoms with Gasteiger partial charge in [-0.2, -0.15) is 5.10 Å². The molecule has 2 aromatic carbocycles. The SMILES string of the molecule is COc1ccc(C(=O)CSc2ncnc3c2cnn3-c2ccccc2)cc1. The third kappa shape index (κ3) is 3.54. The van der Waals surface area contributed by atoms with Crippen molar-refractivity contribution in [2.24, 2.45) is 0 Å². The first-order valence-electron chi connectivity index (χ1n) is 8.30. The molecule has 0 radical (unpaired) electrons. The minimum Gasteiger partial charge on any atom is -0.497 e. The first kappa shape index (κ1) is 17.2. The largest absolute Gasteiger partial charge is 0.497 e. The molecule has 0 aliphatic rings. The highest BCUT2D eigenvalue weighted by Crippen LogP contribution is 2.26. The molecule has 0 aliphatic heterocycles. The molecule has 0 aliphatic carbocycles. The van der Waals surface area contributed by atoms with Crippen molar-refractivity contribution in [1.82, 2.24) is 19.7 Å². The molecule has 0 spiro atoms. The van der Waals surface area contributed by atoms with Gasteiger partial charge in [0.2, 0.25) is 0 Å². The minimum atomic E-state index is 0.0323. The Bertz CT molecular complexity index is 1080. The number of rotatable bonds is 6. The van der Waals surface area contributed by atoms with Crippen molar-refractivity contribution >= 4 is 28.6 Å². The van der Waals surface area contributed by atoms with Gasteiger partial charge in [-0.25, -0.2) is 14.6 Å². The second-order valence-electron chi connectivity index (χ2n) is 5.75. The van der Waals surface area contributed by atoms with Gasteiger partial charge >= 0.3 is 0 Å². The smallest absolute Gasteiger partial charge is 0.173 e. The fourth-order valence-electron chi connectivity index (χ4n) is 2.69. The lowest BCUT2D eigenvalue weighted by Gasteiger charge is -2.05. The highest BCUT2D eigenvalue weighted by Gasteiger charge is 2.13. The number of hydrogen-bond acceptors (Lipinski definition) is 6. The Morgan fingerprint density at radius 1 is 1.07 bits per heavy atom. The van der Waals surface area contributed by atoms with E-state index < -0.39 is 0 Å². The first-order valence-corrected chi connectivity index (χ1v) is 9.29. The van der Waals surface area contributed by atoms with Crippen LogP contribution < -0.4 is 4.74 Å². The molecule has 0 amide bonds. The lowest BCUT2D eigenvalue weighted by atomic mass is 10.1. The zero-order valence-electron chi connectivity index (χ0n) is 14.6. The molecule has 7 heteroatoms. The average Bonchev–Trinajstić information content (AvgIpc) is 3.17. The van der Waals surface area contributed by atoms with Crippen molar-refractivity contribution < 1.29 is 9.53 Å². The Morgan fingerprint density at radius 2 is 1.85 bits per heavy atom. The van der Waals surface area contributed by atoms with Crippen LogP contribution in [0.5, 0.6) is 5.75 Å². The van der Waals surface area contributed by atoms with Crippen molar-refractivity contribution in [3.05, 3.63) is 72.7 Å². The summed E-state index contributed by atoms with van der Waals surface area (Å²) in [6.07, 6.45) is 3.24. The molecule has 4 aromatic rings. The minimum absolute atomic E-state index is 0.0323. The van der Waals surface area contributed by atoms with Crippen molar-refractivity contribution in [1.29, 1.82) is 0 Å². The highest BCUT2D eigenvalue weighted by molar-refractivity contribution is 8.00. The van der Waals surface area contributed by atoms with E-state index in [1.807, 2.05) is 30.3 Å². The quantitative estimate of drug-likeness (QED) is 0.290. The number of fused-ring (bicyclic) bond motifs is 1. The molecular formula is C20H16N4O2S. The lowest BCUT2D eigenvalue weighted by molar-refractivity contribution is 0.102. The van der Waals surface area contributed by atoms with Crippen molar-refractivity contribution in [2.75, 3.05) is 12.9 Å². The Morgan fingerprint density at radius 3 is 2.59 bits per heavy atom. The van der Waals surface area contributed by atoms with Crippen LogP contribution in [0.3, 0.4) is 0 Å². The summed E-state index contributed by atoms with van der Waals surface area (Å²) in [4.78, 5) is 21.1. The summed E-state index contributed by atoms with van der Waals surface area (Å²) < 4.78 is 6.89. The van der Waals surface area contributed by atoms with Crippen LogP contribution in [0.1, 0.15) is 10.4 Å². The van der Waals surface area contributed by atoms with Crippen LogP contribution in [0, 0.1) is 0 Å². The lowest BCUT2D eigenvalue weighted by Crippen LogP contribution is -2.03. The number of ketones is 1. The van der Waals surface area contributed by atoms with Crippen molar-refractivity contribution in [2.45, 2.75) is 5.03 Å². The van der Waals surface area contributed by atoms with Crippen LogP contribution in [-0.4, -0.2) is 38.4 Å². The second-order valence-corrected chi connectivity index (χ2v) is 6.71. The van der Waals surface area contributed by atoms with Crippen LogP contribution in [0.15, 0.2) is 72.1 Å². The van der Waals surface area contributed by atoms with E-state index in [0.717, 1.165) is 27.5 Å². The third-order valence-corrected chi connectivity index (χ3v) is 5.09. The Kier molecular flexibility index (Phi) is 4.84. The average molecular weight is 376 g/mol. The number of thioether (sulfide) groups is 1.